The van der Waals surface area contributed by atoms with Gasteiger partial charge in [0.1, 0.15) is 11.2 Å². The minimum absolute atomic E-state index is 0.0948. The highest BCUT2D eigenvalue weighted by molar-refractivity contribution is 6.09. The summed E-state index contributed by atoms with van der Waals surface area (Å²) in [4.78, 5) is 0. The van der Waals surface area contributed by atoms with Crippen molar-refractivity contribution in [1.82, 2.24) is 0 Å². The van der Waals surface area contributed by atoms with Gasteiger partial charge in [0, 0.05) is 27.2 Å². The molecule has 0 amide bonds. The first-order valence-corrected chi connectivity index (χ1v) is 26.8. The van der Waals surface area contributed by atoms with E-state index in [0.29, 0.717) is 0 Å². The van der Waals surface area contributed by atoms with Crippen LogP contribution in [-0.2, 0) is 16.2 Å². The molecule has 12 aromatic rings. The minimum Gasteiger partial charge on any atom is -0.455 e. The van der Waals surface area contributed by atoms with Crippen LogP contribution >= 0.6 is 0 Å². The van der Waals surface area contributed by atoms with E-state index in [1.54, 1.807) is 0 Å². The molecule has 0 saturated heterocycles. The standard InChI is InChI=1S/C75H54O/c1-73(2)64-27-12-8-20-56(64)58-42-32-47(45-68(58)73)44-63(51-39-43-59-57-21-9-13-28-65(57)74(3,4)69(59)46-51)50-35-33-48(34-36-50)54-24-17-30-67-71(54)62-23-10-14-29-66(62)75(67,52-18-6-5-7-19-52)53-40-37-49(38-41-53)55-25-16-26-61-60-22-11-15-31-70(60)76-72(55)61/h5-46H,1-4H3/b63-44+. The average Bonchev–Trinajstić information content (AvgIpc) is 4.28. The third-order valence-corrected chi connectivity index (χ3v) is 17.6. The highest BCUT2D eigenvalue weighted by atomic mass is 16.3. The van der Waals surface area contributed by atoms with E-state index in [0.717, 1.165) is 33.1 Å². The second-order valence-corrected chi connectivity index (χ2v) is 22.3. The molecule has 0 fully saturated rings. The van der Waals surface area contributed by atoms with E-state index in [-0.39, 0.29) is 10.8 Å². The van der Waals surface area contributed by atoms with Crippen LogP contribution in [0.5, 0.6) is 0 Å². The first-order valence-electron chi connectivity index (χ1n) is 26.8. The topological polar surface area (TPSA) is 13.1 Å². The summed E-state index contributed by atoms with van der Waals surface area (Å²) >= 11 is 0. The van der Waals surface area contributed by atoms with Gasteiger partial charge >= 0.3 is 0 Å². The monoisotopic (exact) mass is 970 g/mol. The Bertz CT molecular complexity index is 4370. The predicted molar refractivity (Wildman–Crippen MR) is 317 cm³/mol. The Kier molecular flexibility index (Phi) is 9.64. The molecule has 1 unspecified atom stereocenters. The van der Waals surface area contributed by atoms with Gasteiger partial charge in [0.15, 0.2) is 0 Å². The van der Waals surface area contributed by atoms with Gasteiger partial charge in [-0.1, -0.05) is 264 Å². The highest BCUT2D eigenvalue weighted by Crippen LogP contribution is 2.59. The van der Waals surface area contributed by atoms with Crippen LogP contribution in [-0.4, -0.2) is 0 Å². The summed E-state index contributed by atoms with van der Waals surface area (Å²) in [6, 6.07) is 92.8. The lowest BCUT2D eigenvalue weighted by molar-refractivity contribution is 0.660. The van der Waals surface area contributed by atoms with Crippen molar-refractivity contribution in [3.8, 4) is 55.6 Å². The van der Waals surface area contributed by atoms with Crippen molar-refractivity contribution in [2.75, 3.05) is 0 Å². The Morgan fingerprint density at radius 3 is 1.58 bits per heavy atom. The minimum atomic E-state index is -0.560. The van der Waals surface area contributed by atoms with E-state index >= 15 is 0 Å². The van der Waals surface area contributed by atoms with Crippen molar-refractivity contribution in [3.05, 3.63) is 310 Å². The molecule has 1 nitrogen and oxygen atoms in total. The van der Waals surface area contributed by atoms with Crippen molar-refractivity contribution >= 4 is 33.6 Å². The first-order chi connectivity index (χ1) is 37.2. The Balaban J connectivity index is 0.867. The Morgan fingerprint density at radius 1 is 0.342 bits per heavy atom. The summed E-state index contributed by atoms with van der Waals surface area (Å²) in [6.07, 6.45) is 2.43. The molecule has 0 bridgehead atoms. The quantitative estimate of drug-likeness (QED) is 0.145. The number of rotatable bonds is 7. The number of fused-ring (bicyclic) bond motifs is 12. The molecule has 0 spiro atoms. The van der Waals surface area contributed by atoms with Gasteiger partial charge in [-0.05, 0) is 135 Å². The van der Waals surface area contributed by atoms with Gasteiger partial charge in [0.05, 0.1) is 5.41 Å². The number of furan rings is 1. The van der Waals surface area contributed by atoms with Crippen LogP contribution in [0.15, 0.2) is 253 Å². The fraction of sp³-hybridized carbons (Fsp3) is 0.0933. The zero-order valence-electron chi connectivity index (χ0n) is 43.2. The zero-order chi connectivity index (χ0) is 50.9. The van der Waals surface area contributed by atoms with E-state index < -0.39 is 5.41 Å². The largest absolute Gasteiger partial charge is 0.455 e. The molecule has 1 heteroatoms. The van der Waals surface area contributed by atoms with E-state index in [1.165, 1.54) is 111 Å². The molecule has 0 radical (unpaired) electrons. The molecule has 15 rings (SSSR count). The van der Waals surface area contributed by atoms with Crippen LogP contribution < -0.4 is 0 Å². The molecule has 0 aliphatic heterocycles. The Labute approximate surface area is 445 Å². The zero-order valence-corrected chi connectivity index (χ0v) is 43.2. The second-order valence-electron chi connectivity index (χ2n) is 22.3. The van der Waals surface area contributed by atoms with Gasteiger partial charge in [-0.3, -0.25) is 0 Å². The third-order valence-electron chi connectivity index (χ3n) is 17.6. The maximum absolute atomic E-state index is 6.54. The van der Waals surface area contributed by atoms with Gasteiger partial charge in [0.25, 0.3) is 0 Å². The summed E-state index contributed by atoms with van der Waals surface area (Å²) in [5, 5.41) is 2.28. The van der Waals surface area contributed by atoms with Gasteiger partial charge in [-0.25, -0.2) is 0 Å². The van der Waals surface area contributed by atoms with Crippen LogP contribution in [0.25, 0.3) is 89.2 Å². The number of hydrogen-bond donors (Lipinski definition) is 0. The Hall–Kier alpha value is -9.04. The Morgan fingerprint density at radius 2 is 0.842 bits per heavy atom. The van der Waals surface area contributed by atoms with Crippen molar-refractivity contribution in [3.63, 3.8) is 0 Å². The SMILES string of the molecule is CC1(C)c2ccccc2-c2ccc(/C=C(\c3ccc(-c4cccc5c4-c4ccccc4C5(c4ccccc4)c4ccc(-c5cccc6c5oc5ccccc56)cc4)cc3)c3ccc4c(c3)C(C)(C)c3ccccc3-4)cc21. The molecule has 3 aliphatic carbocycles. The fourth-order valence-corrected chi connectivity index (χ4v) is 13.9. The summed E-state index contributed by atoms with van der Waals surface area (Å²) in [7, 11) is 0. The van der Waals surface area contributed by atoms with E-state index in [9.17, 15) is 0 Å². The summed E-state index contributed by atoms with van der Waals surface area (Å²) < 4.78 is 6.54. The molecule has 360 valence electrons. The fourth-order valence-electron chi connectivity index (χ4n) is 13.9. The van der Waals surface area contributed by atoms with Crippen molar-refractivity contribution in [1.29, 1.82) is 0 Å². The molecular formula is C75H54O. The number of hydrogen-bond acceptors (Lipinski definition) is 1. The lowest BCUT2D eigenvalue weighted by atomic mass is 9.67. The van der Waals surface area contributed by atoms with Crippen LogP contribution in [0.2, 0.25) is 0 Å². The lowest BCUT2D eigenvalue weighted by Gasteiger charge is -2.34. The average molecular weight is 971 g/mol. The molecule has 1 heterocycles. The molecule has 1 aromatic heterocycles. The van der Waals surface area contributed by atoms with Crippen molar-refractivity contribution in [2.24, 2.45) is 0 Å². The van der Waals surface area contributed by atoms with Crippen LogP contribution in [0, 0.1) is 0 Å². The number of benzene rings is 11. The van der Waals surface area contributed by atoms with Crippen LogP contribution in [0.1, 0.15) is 88.9 Å². The maximum Gasteiger partial charge on any atom is 0.143 e. The molecule has 0 N–H and O–H groups in total. The van der Waals surface area contributed by atoms with Crippen LogP contribution in [0.3, 0.4) is 0 Å². The first kappa shape index (κ1) is 44.4. The van der Waals surface area contributed by atoms with Gasteiger partial charge < -0.3 is 4.42 Å². The van der Waals surface area contributed by atoms with Gasteiger partial charge in [0.2, 0.25) is 0 Å². The maximum atomic E-state index is 6.54. The lowest BCUT2D eigenvalue weighted by Crippen LogP contribution is -2.28. The number of para-hydroxylation sites is 2. The molecule has 76 heavy (non-hydrogen) atoms. The summed E-state index contributed by atoms with van der Waals surface area (Å²) in [5.41, 5.74) is 29.0. The third kappa shape index (κ3) is 6.33. The molecule has 3 aliphatic rings. The highest BCUT2D eigenvalue weighted by Gasteiger charge is 2.47. The van der Waals surface area contributed by atoms with Gasteiger partial charge in [-0.2, -0.15) is 0 Å². The molecular weight excluding hydrogens is 917 g/mol. The van der Waals surface area contributed by atoms with Crippen molar-refractivity contribution < 1.29 is 4.42 Å². The predicted octanol–water partition coefficient (Wildman–Crippen LogP) is 19.5. The van der Waals surface area contributed by atoms with E-state index in [1.807, 2.05) is 6.07 Å². The molecule has 11 aromatic carbocycles. The van der Waals surface area contributed by atoms with E-state index in [2.05, 4.69) is 276 Å². The molecule has 1 atom stereocenters. The van der Waals surface area contributed by atoms with Gasteiger partial charge in [-0.15, -0.1) is 0 Å². The van der Waals surface area contributed by atoms with Crippen molar-refractivity contribution in [2.45, 2.75) is 43.9 Å². The smallest absolute Gasteiger partial charge is 0.143 e. The van der Waals surface area contributed by atoms with E-state index in [4.69, 9.17) is 4.42 Å². The summed E-state index contributed by atoms with van der Waals surface area (Å²) in [6.45, 7) is 9.49. The second kappa shape index (κ2) is 16.5. The summed E-state index contributed by atoms with van der Waals surface area (Å²) in [5.74, 6) is 0. The normalized spacial score (nSPS) is 16.2. The van der Waals surface area contributed by atoms with Crippen LogP contribution in [0.4, 0.5) is 0 Å². The molecule has 0 saturated carbocycles.